The van der Waals surface area contributed by atoms with E-state index in [0.29, 0.717) is 5.41 Å². The summed E-state index contributed by atoms with van der Waals surface area (Å²) in [4.78, 5) is 0. The lowest BCUT2D eigenvalue weighted by atomic mass is 9.73. The molecule has 0 spiro atoms. The van der Waals surface area contributed by atoms with E-state index < -0.39 is 0 Å². The molecule has 1 unspecified atom stereocenters. The number of hydrogen-bond donors (Lipinski definition) is 1. The van der Waals surface area contributed by atoms with Crippen molar-refractivity contribution in [3.05, 3.63) is 35.9 Å². The van der Waals surface area contributed by atoms with E-state index >= 15 is 0 Å². The molecule has 1 aliphatic carbocycles. The van der Waals surface area contributed by atoms with Crippen molar-refractivity contribution in [3.63, 3.8) is 0 Å². The van der Waals surface area contributed by atoms with Crippen LogP contribution in [-0.2, 0) is 6.42 Å². The normalized spacial score (nSPS) is 27.2. The molecule has 94 valence electrons. The van der Waals surface area contributed by atoms with Crippen molar-refractivity contribution in [2.45, 2.75) is 57.9 Å². The monoisotopic (exact) mass is 231 g/mol. The minimum Gasteiger partial charge on any atom is -0.325 e. The fraction of sp³-hybridized carbons (Fsp3) is 0.625. The van der Waals surface area contributed by atoms with Gasteiger partial charge in [-0.1, -0.05) is 50.6 Å². The molecule has 1 atom stereocenters. The Morgan fingerprint density at radius 1 is 1.12 bits per heavy atom. The Balaban J connectivity index is 1.86. The zero-order chi connectivity index (χ0) is 12.4. The van der Waals surface area contributed by atoms with Gasteiger partial charge in [-0.2, -0.15) is 0 Å². The quantitative estimate of drug-likeness (QED) is 0.835. The first-order chi connectivity index (χ1) is 8.04. The van der Waals surface area contributed by atoms with Crippen LogP contribution >= 0.6 is 0 Å². The zero-order valence-electron chi connectivity index (χ0n) is 11.2. The number of aryl methyl sites for hydroxylation is 1. The third kappa shape index (κ3) is 2.71. The molecule has 1 saturated carbocycles. The number of hydrogen-bond acceptors (Lipinski definition) is 1. The first kappa shape index (κ1) is 12.6. The minimum atomic E-state index is 0.0712. The summed E-state index contributed by atoms with van der Waals surface area (Å²) in [5, 5.41) is 0. The number of rotatable bonds is 4. The summed E-state index contributed by atoms with van der Waals surface area (Å²) >= 11 is 0. The number of nitrogens with two attached hydrogens (primary N) is 1. The van der Waals surface area contributed by atoms with E-state index in [1.54, 1.807) is 0 Å². The Morgan fingerprint density at radius 3 is 2.41 bits per heavy atom. The van der Waals surface area contributed by atoms with Crippen molar-refractivity contribution in [3.8, 4) is 0 Å². The van der Waals surface area contributed by atoms with Crippen LogP contribution in [-0.4, -0.2) is 5.54 Å². The molecule has 2 rings (SSSR count). The fourth-order valence-corrected chi connectivity index (χ4v) is 3.15. The summed E-state index contributed by atoms with van der Waals surface area (Å²) in [6.07, 6.45) is 7.33. The van der Waals surface area contributed by atoms with Crippen LogP contribution < -0.4 is 5.73 Å². The highest BCUT2D eigenvalue weighted by Gasteiger charge is 2.44. The first-order valence-corrected chi connectivity index (χ1v) is 6.86. The molecule has 0 amide bonds. The topological polar surface area (TPSA) is 26.0 Å². The molecule has 1 aromatic rings. The van der Waals surface area contributed by atoms with Gasteiger partial charge in [-0.25, -0.2) is 0 Å². The third-order valence-electron chi connectivity index (χ3n) is 4.70. The molecular weight excluding hydrogens is 206 g/mol. The van der Waals surface area contributed by atoms with Crippen molar-refractivity contribution < 1.29 is 0 Å². The Kier molecular flexibility index (Phi) is 3.58. The van der Waals surface area contributed by atoms with Crippen molar-refractivity contribution in [1.82, 2.24) is 0 Å². The van der Waals surface area contributed by atoms with Crippen molar-refractivity contribution in [2.75, 3.05) is 0 Å². The van der Waals surface area contributed by atoms with Gasteiger partial charge in [0, 0.05) is 5.54 Å². The zero-order valence-corrected chi connectivity index (χ0v) is 11.2. The van der Waals surface area contributed by atoms with Crippen molar-refractivity contribution in [1.29, 1.82) is 0 Å². The molecule has 2 N–H and O–H groups in total. The van der Waals surface area contributed by atoms with E-state index in [1.807, 2.05) is 0 Å². The van der Waals surface area contributed by atoms with E-state index in [-0.39, 0.29) is 5.54 Å². The molecule has 1 heteroatoms. The van der Waals surface area contributed by atoms with Crippen molar-refractivity contribution in [2.24, 2.45) is 11.1 Å². The van der Waals surface area contributed by atoms with Crippen LogP contribution in [0, 0.1) is 5.41 Å². The van der Waals surface area contributed by atoms with Crippen molar-refractivity contribution >= 4 is 0 Å². The van der Waals surface area contributed by atoms with Crippen LogP contribution in [0.15, 0.2) is 30.3 Å². The predicted molar refractivity (Wildman–Crippen MR) is 73.9 cm³/mol. The van der Waals surface area contributed by atoms with E-state index in [0.717, 1.165) is 12.8 Å². The summed E-state index contributed by atoms with van der Waals surface area (Å²) < 4.78 is 0. The van der Waals surface area contributed by atoms with Crippen LogP contribution in [0.3, 0.4) is 0 Å². The molecule has 0 heterocycles. The standard InChI is InChI=1S/C16H25N/c1-15(2)11-7-13-16(15,17)12-6-10-14-8-4-3-5-9-14/h3-5,8-9H,6-7,10-13,17H2,1-2H3. The molecule has 0 bridgehead atoms. The van der Waals surface area contributed by atoms with E-state index in [9.17, 15) is 0 Å². The van der Waals surface area contributed by atoms with Gasteiger partial charge in [0.1, 0.15) is 0 Å². The summed E-state index contributed by atoms with van der Waals surface area (Å²) in [7, 11) is 0. The van der Waals surface area contributed by atoms with Crippen LogP contribution in [0.5, 0.6) is 0 Å². The summed E-state index contributed by atoms with van der Waals surface area (Å²) in [6, 6.07) is 10.7. The summed E-state index contributed by atoms with van der Waals surface area (Å²) in [5.41, 5.74) is 8.43. The fourth-order valence-electron chi connectivity index (χ4n) is 3.15. The van der Waals surface area contributed by atoms with Gasteiger partial charge in [-0.3, -0.25) is 0 Å². The Bertz CT molecular complexity index is 355. The maximum atomic E-state index is 6.60. The lowest BCUT2D eigenvalue weighted by molar-refractivity contribution is 0.191. The van der Waals surface area contributed by atoms with E-state index in [1.165, 1.54) is 31.2 Å². The smallest absolute Gasteiger partial charge is 0.0206 e. The lowest BCUT2D eigenvalue weighted by Gasteiger charge is -2.38. The third-order valence-corrected chi connectivity index (χ3v) is 4.70. The van der Waals surface area contributed by atoms with E-state index in [2.05, 4.69) is 44.2 Å². The van der Waals surface area contributed by atoms with Gasteiger partial charge >= 0.3 is 0 Å². The maximum absolute atomic E-state index is 6.60. The highest BCUT2D eigenvalue weighted by Crippen LogP contribution is 2.46. The molecule has 17 heavy (non-hydrogen) atoms. The second-order valence-electron chi connectivity index (χ2n) is 6.23. The van der Waals surface area contributed by atoms with Crippen LogP contribution in [0.2, 0.25) is 0 Å². The van der Waals surface area contributed by atoms with Crippen LogP contribution in [0.1, 0.15) is 51.5 Å². The highest BCUT2D eigenvalue weighted by molar-refractivity contribution is 5.15. The SMILES string of the molecule is CC1(C)CCCC1(N)CCCc1ccccc1. The largest absolute Gasteiger partial charge is 0.325 e. The molecule has 1 nitrogen and oxygen atoms in total. The minimum absolute atomic E-state index is 0.0712. The predicted octanol–water partition coefficient (Wildman–Crippen LogP) is 3.92. The van der Waals surface area contributed by atoms with Crippen LogP contribution in [0.4, 0.5) is 0 Å². The average molecular weight is 231 g/mol. The molecule has 1 fully saturated rings. The van der Waals surface area contributed by atoms with Gasteiger partial charge < -0.3 is 5.73 Å². The van der Waals surface area contributed by atoms with Gasteiger partial charge in [-0.15, -0.1) is 0 Å². The summed E-state index contributed by atoms with van der Waals surface area (Å²) in [6.45, 7) is 4.67. The average Bonchev–Trinajstić information content (AvgIpc) is 2.55. The number of benzene rings is 1. The van der Waals surface area contributed by atoms with Gasteiger partial charge in [0.05, 0.1) is 0 Å². The first-order valence-electron chi connectivity index (χ1n) is 6.86. The Morgan fingerprint density at radius 2 is 1.82 bits per heavy atom. The van der Waals surface area contributed by atoms with Crippen LogP contribution in [0.25, 0.3) is 0 Å². The molecule has 0 aromatic heterocycles. The van der Waals surface area contributed by atoms with Gasteiger partial charge in [0.25, 0.3) is 0 Å². The molecule has 0 radical (unpaired) electrons. The molecular formula is C16H25N. The maximum Gasteiger partial charge on any atom is 0.0206 e. The lowest BCUT2D eigenvalue weighted by Crippen LogP contribution is -2.48. The summed E-state index contributed by atoms with van der Waals surface area (Å²) in [5.74, 6) is 0. The molecule has 1 aromatic carbocycles. The second-order valence-corrected chi connectivity index (χ2v) is 6.23. The molecule has 0 saturated heterocycles. The van der Waals surface area contributed by atoms with E-state index in [4.69, 9.17) is 5.73 Å². The Labute approximate surface area is 105 Å². The Hall–Kier alpha value is -0.820. The molecule has 1 aliphatic rings. The second kappa shape index (κ2) is 4.81. The molecule has 0 aliphatic heterocycles. The highest BCUT2D eigenvalue weighted by atomic mass is 14.8. The van der Waals surface area contributed by atoms with Gasteiger partial charge in [-0.05, 0) is 43.1 Å². The van der Waals surface area contributed by atoms with Gasteiger partial charge in [0.2, 0.25) is 0 Å². The van der Waals surface area contributed by atoms with Gasteiger partial charge in [0.15, 0.2) is 0 Å².